The summed E-state index contributed by atoms with van der Waals surface area (Å²) in [7, 11) is 4.00. The Labute approximate surface area is 113 Å². The third-order valence-electron chi connectivity index (χ3n) is 2.99. The van der Waals surface area contributed by atoms with E-state index >= 15 is 0 Å². The zero-order chi connectivity index (χ0) is 14.0. The smallest absolute Gasteiger partial charge is 0.339 e. The van der Waals surface area contributed by atoms with E-state index in [1.165, 1.54) is 0 Å². The predicted octanol–water partition coefficient (Wildman–Crippen LogP) is 2.79. The second kappa shape index (κ2) is 5.26. The molecule has 0 aliphatic carbocycles. The number of aromatic nitrogens is 1. The van der Waals surface area contributed by atoms with E-state index < -0.39 is 0 Å². The molecular weight excluding hydrogens is 240 g/mol. The minimum absolute atomic E-state index is 0.328. The largest absolute Gasteiger partial charge is 0.462 e. The van der Waals surface area contributed by atoms with Crippen molar-refractivity contribution in [2.75, 3.05) is 25.6 Å². The molecule has 0 amide bonds. The number of ether oxygens (including phenoxy) is 1. The first-order valence-electron chi connectivity index (χ1n) is 6.27. The molecule has 1 aromatic carbocycles. The minimum atomic E-state index is -0.328. The predicted molar refractivity (Wildman–Crippen MR) is 76.8 cm³/mol. The van der Waals surface area contributed by atoms with Gasteiger partial charge in [-0.05, 0) is 37.6 Å². The zero-order valence-corrected chi connectivity index (χ0v) is 11.7. The molecule has 0 fully saturated rings. The van der Waals surface area contributed by atoms with Gasteiger partial charge in [0.1, 0.15) is 0 Å². The van der Waals surface area contributed by atoms with Crippen molar-refractivity contribution in [2.24, 2.45) is 0 Å². The Kier molecular flexibility index (Phi) is 3.69. The van der Waals surface area contributed by atoms with Crippen LogP contribution in [0.5, 0.6) is 0 Å². The van der Waals surface area contributed by atoms with Gasteiger partial charge >= 0.3 is 5.97 Å². The number of benzene rings is 1. The third-order valence-corrected chi connectivity index (χ3v) is 2.99. The summed E-state index contributed by atoms with van der Waals surface area (Å²) in [6.07, 6.45) is 1.56. The van der Waals surface area contributed by atoms with E-state index in [0.29, 0.717) is 12.2 Å². The molecule has 0 bridgehead atoms. The fourth-order valence-electron chi connectivity index (χ4n) is 2.09. The molecule has 0 atom stereocenters. The summed E-state index contributed by atoms with van der Waals surface area (Å²) >= 11 is 0. The lowest BCUT2D eigenvalue weighted by Gasteiger charge is -2.16. The Morgan fingerprint density at radius 1 is 1.32 bits per heavy atom. The maximum Gasteiger partial charge on any atom is 0.339 e. The molecule has 0 aliphatic heterocycles. The second-order valence-electron chi connectivity index (χ2n) is 4.67. The lowest BCUT2D eigenvalue weighted by molar-refractivity contribution is 0.0526. The van der Waals surface area contributed by atoms with Gasteiger partial charge in [-0.15, -0.1) is 0 Å². The van der Waals surface area contributed by atoms with Crippen LogP contribution in [-0.4, -0.2) is 31.7 Å². The lowest BCUT2D eigenvalue weighted by atomic mass is 10.1. The number of hydrogen-bond donors (Lipinski definition) is 0. The summed E-state index contributed by atoms with van der Waals surface area (Å²) in [6.45, 7) is 4.21. The highest BCUT2D eigenvalue weighted by atomic mass is 16.5. The van der Waals surface area contributed by atoms with Gasteiger partial charge in [0, 0.05) is 31.4 Å². The van der Waals surface area contributed by atoms with Crippen LogP contribution < -0.4 is 4.90 Å². The molecule has 0 spiro atoms. The molecule has 0 N–H and O–H groups in total. The normalized spacial score (nSPS) is 10.5. The summed E-state index contributed by atoms with van der Waals surface area (Å²) in [4.78, 5) is 18.1. The monoisotopic (exact) mass is 258 g/mol. The number of rotatable bonds is 3. The molecule has 100 valence electrons. The number of fused-ring (bicyclic) bond motifs is 1. The second-order valence-corrected chi connectivity index (χ2v) is 4.67. The van der Waals surface area contributed by atoms with Crippen LogP contribution >= 0.6 is 0 Å². The highest BCUT2D eigenvalue weighted by Gasteiger charge is 2.10. The fourth-order valence-corrected chi connectivity index (χ4v) is 2.09. The van der Waals surface area contributed by atoms with E-state index in [4.69, 9.17) is 4.74 Å². The number of pyridine rings is 1. The minimum Gasteiger partial charge on any atom is -0.462 e. The van der Waals surface area contributed by atoms with Crippen LogP contribution in [-0.2, 0) is 4.74 Å². The SMILES string of the molecule is CCOC(=O)c1cnc2cc(N(C)C)c(C)cc2c1. The summed E-state index contributed by atoms with van der Waals surface area (Å²) in [5.74, 6) is -0.328. The molecule has 1 heterocycles. The van der Waals surface area contributed by atoms with Gasteiger partial charge in [0.2, 0.25) is 0 Å². The molecule has 4 nitrogen and oxygen atoms in total. The number of nitrogens with zero attached hydrogens (tertiary/aromatic N) is 2. The molecule has 4 heteroatoms. The topological polar surface area (TPSA) is 42.4 Å². The van der Waals surface area contributed by atoms with Gasteiger partial charge in [0.25, 0.3) is 0 Å². The summed E-state index contributed by atoms with van der Waals surface area (Å²) in [5, 5.41) is 0.952. The average Bonchev–Trinajstić information content (AvgIpc) is 2.37. The Balaban J connectivity index is 2.50. The van der Waals surface area contributed by atoms with Gasteiger partial charge in [-0.2, -0.15) is 0 Å². The van der Waals surface area contributed by atoms with Crippen molar-refractivity contribution in [1.82, 2.24) is 4.98 Å². The van der Waals surface area contributed by atoms with E-state index in [1.54, 1.807) is 13.1 Å². The number of aryl methyl sites for hydroxylation is 1. The maximum atomic E-state index is 11.7. The molecule has 0 aliphatic rings. The van der Waals surface area contributed by atoms with E-state index in [2.05, 4.69) is 9.88 Å². The molecule has 1 aromatic heterocycles. The van der Waals surface area contributed by atoms with Crippen molar-refractivity contribution in [3.63, 3.8) is 0 Å². The Bertz CT molecular complexity index is 621. The van der Waals surface area contributed by atoms with E-state index in [1.807, 2.05) is 39.2 Å². The quantitative estimate of drug-likeness (QED) is 0.794. The maximum absolute atomic E-state index is 11.7. The molecule has 0 saturated heterocycles. The van der Waals surface area contributed by atoms with Gasteiger partial charge < -0.3 is 9.64 Å². The average molecular weight is 258 g/mol. The van der Waals surface area contributed by atoms with Crippen LogP contribution in [0.15, 0.2) is 24.4 Å². The van der Waals surface area contributed by atoms with Gasteiger partial charge in [0.05, 0.1) is 17.7 Å². The van der Waals surface area contributed by atoms with Crippen LogP contribution in [0, 0.1) is 6.92 Å². The van der Waals surface area contributed by atoms with E-state index in [-0.39, 0.29) is 5.97 Å². The highest BCUT2D eigenvalue weighted by molar-refractivity contribution is 5.94. The van der Waals surface area contributed by atoms with Crippen LogP contribution in [0.3, 0.4) is 0 Å². The van der Waals surface area contributed by atoms with Gasteiger partial charge in [-0.1, -0.05) is 0 Å². The number of hydrogen-bond acceptors (Lipinski definition) is 4. The van der Waals surface area contributed by atoms with Crippen molar-refractivity contribution >= 4 is 22.6 Å². The molecule has 2 aromatic rings. The van der Waals surface area contributed by atoms with Crippen molar-refractivity contribution < 1.29 is 9.53 Å². The first-order valence-corrected chi connectivity index (χ1v) is 6.27. The number of anilines is 1. The van der Waals surface area contributed by atoms with Gasteiger partial charge in [-0.25, -0.2) is 4.79 Å². The summed E-state index contributed by atoms with van der Waals surface area (Å²) in [6, 6.07) is 5.90. The molecular formula is C15H18N2O2. The van der Waals surface area contributed by atoms with Gasteiger partial charge in [-0.3, -0.25) is 4.98 Å². The van der Waals surface area contributed by atoms with Crippen molar-refractivity contribution in [2.45, 2.75) is 13.8 Å². The van der Waals surface area contributed by atoms with Crippen LogP contribution in [0.1, 0.15) is 22.8 Å². The van der Waals surface area contributed by atoms with Crippen LogP contribution in [0.2, 0.25) is 0 Å². The Morgan fingerprint density at radius 3 is 2.68 bits per heavy atom. The van der Waals surface area contributed by atoms with E-state index in [0.717, 1.165) is 22.2 Å². The number of carbonyl (C=O) groups excluding carboxylic acids is 1. The Morgan fingerprint density at radius 2 is 2.05 bits per heavy atom. The summed E-state index contributed by atoms with van der Waals surface area (Å²) in [5.41, 5.74) is 3.65. The molecule has 19 heavy (non-hydrogen) atoms. The molecule has 0 unspecified atom stereocenters. The first kappa shape index (κ1) is 13.3. The lowest BCUT2D eigenvalue weighted by Crippen LogP contribution is -2.10. The van der Waals surface area contributed by atoms with Crippen molar-refractivity contribution in [3.8, 4) is 0 Å². The molecule has 0 saturated carbocycles. The summed E-state index contributed by atoms with van der Waals surface area (Å²) < 4.78 is 4.98. The van der Waals surface area contributed by atoms with E-state index in [9.17, 15) is 4.79 Å². The zero-order valence-electron chi connectivity index (χ0n) is 11.7. The fraction of sp³-hybridized carbons (Fsp3) is 0.333. The van der Waals surface area contributed by atoms with Crippen LogP contribution in [0.4, 0.5) is 5.69 Å². The molecule has 0 radical (unpaired) electrons. The molecule has 2 rings (SSSR count). The first-order chi connectivity index (χ1) is 9.02. The highest BCUT2D eigenvalue weighted by Crippen LogP contribution is 2.24. The van der Waals surface area contributed by atoms with Crippen LogP contribution in [0.25, 0.3) is 10.9 Å². The van der Waals surface area contributed by atoms with Crippen molar-refractivity contribution in [1.29, 1.82) is 0 Å². The number of carbonyl (C=O) groups is 1. The Hall–Kier alpha value is -2.10. The third kappa shape index (κ3) is 2.67. The standard InChI is InChI=1S/C15H18N2O2/c1-5-19-15(18)12-7-11-6-10(2)14(17(3)4)8-13(11)16-9-12/h6-9H,5H2,1-4H3. The van der Waals surface area contributed by atoms with Crippen molar-refractivity contribution in [3.05, 3.63) is 35.5 Å². The van der Waals surface area contributed by atoms with Gasteiger partial charge in [0.15, 0.2) is 0 Å². The number of esters is 1.